The molecule has 3 rings (SSSR count). The highest BCUT2D eigenvalue weighted by Gasteiger charge is 2.08. The molecule has 0 fully saturated rings. The summed E-state index contributed by atoms with van der Waals surface area (Å²) in [6.45, 7) is 1.94. The number of thiazole rings is 1. The van der Waals surface area contributed by atoms with Crippen LogP contribution in [0.5, 0.6) is 0 Å². The zero-order valence-electron chi connectivity index (χ0n) is 11.8. The Bertz CT molecular complexity index is 883. The number of aromatic amines is 1. The molecule has 0 saturated heterocycles. The van der Waals surface area contributed by atoms with Gasteiger partial charge in [-0.2, -0.15) is 0 Å². The Labute approximate surface area is 130 Å². The van der Waals surface area contributed by atoms with Crippen LogP contribution in [0.25, 0.3) is 10.6 Å². The molecule has 0 aliphatic rings. The first-order valence-electron chi connectivity index (χ1n) is 6.64. The van der Waals surface area contributed by atoms with Crippen molar-refractivity contribution >= 4 is 22.9 Å². The van der Waals surface area contributed by atoms with Gasteiger partial charge in [0.15, 0.2) is 0 Å². The lowest BCUT2D eigenvalue weighted by Crippen LogP contribution is -2.15. The molecule has 22 heavy (non-hydrogen) atoms. The fraction of sp³-hybridized carbons (Fsp3) is 0.0625. The van der Waals surface area contributed by atoms with Crippen LogP contribution in [-0.2, 0) is 0 Å². The third-order valence-electron chi connectivity index (χ3n) is 3.02. The number of aromatic nitrogens is 2. The van der Waals surface area contributed by atoms with Crippen molar-refractivity contribution < 1.29 is 4.79 Å². The second-order valence-electron chi connectivity index (χ2n) is 4.77. The number of nitrogens with zero attached hydrogens (tertiary/aromatic N) is 1. The van der Waals surface area contributed by atoms with E-state index in [1.807, 2.05) is 30.5 Å². The minimum absolute atomic E-state index is 0.306. The maximum atomic E-state index is 12.1. The molecule has 2 heterocycles. The van der Waals surface area contributed by atoms with E-state index < -0.39 is 0 Å². The van der Waals surface area contributed by atoms with Gasteiger partial charge >= 0.3 is 0 Å². The van der Waals surface area contributed by atoms with E-state index >= 15 is 0 Å². The van der Waals surface area contributed by atoms with Crippen molar-refractivity contribution in [3.8, 4) is 10.6 Å². The minimum atomic E-state index is -0.321. The molecule has 0 bridgehead atoms. The number of carbonyl (C=O) groups excluding carboxylic acids is 1. The van der Waals surface area contributed by atoms with E-state index in [2.05, 4.69) is 15.3 Å². The molecule has 0 aliphatic carbocycles. The second-order valence-corrected chi connectivity index (χ2v) is 5.63. The van der Waals surface area contributed by atoms with Gasteiger partial charge in [0, 0.05) is 40.2 Å². The van der Waals surface area contributed by atoms with Gasteiger partial charge in [0.1, 0.15) is 5.01 Å². The number of H-pyrrole nitrogens is 1. The number of anilines is 1. The van der Waals surface area contributed by atoms with Crippen molar-refractivity contribution in [2.75, 3.05) is 5.32 Å². The average Bonchev–Trinajstić information content (AvgIpc) is 2.94. The molecule has 6 heteroatoms. The van der Waals surface area contributed by atoms with E-state index in [1.165, 1.54) is 12.3 Å². The van der Waals surface area contributed by atoms with Crippen LogP contribution < -0.4 is 10.9 Å². The smallest absolute Gasteiger partial charge is 0.255 e. The third-order valence-corrected chi connectivity index (χ3v) is 4.03. The average molecular weight is 311 g/mol. The summed E-state index contributed by atoms with van der Waals surface area (Å²) in [4.78, 5) is 30.3. The molecule has 3 aromatic rings. The first-order valence-corrected chi connectivity index (χ1v) is 7.52. The lowest BCUT2D eigenvalue weighted by atomic mass is 10.2. The second kappa shape index (κ2) is 5.95. The van der Waals surface area contributed by atoms with Gasteiger partial charge in [0.25, 0.3) is 5.91 Å². The first-order chi connectivity index (χ1) is 10.6. The van der Waals surface area contributed by atoms with E-state index in [1.54, 1.807) is 23.5 Å². The molecular formula is C16H13N3O2S. The maximum Gasteiger partial charge on any atom is 0.255 e. The third kappa shape index (κ3) is 3.12. The molecule has 2 aromatic heterocycles. The Morgan fingerprint density at radius 1 is 1.27 bits per heavy atom. The number of rotatable bonds is 3. The van der Waals surface area contributed by atoms with Crippen LogP contribution in [0.4, 0.5) is 5.69 Å². The molecule has 0 aliphatic heterocycles. The van der Waals surface area contributed by atoms with Crippen LogP contribution in [0.15, 0.2) is 52.8 Å². The van der Waals surface area contributed by atoms with Gasteiger partial charge < -0.3 is 10.3 Å². The standard InChI is InChI=1S/C16H13N3O2S/c1-10-9-22-16(18-10)12-3-2-4-13(7-12)19-15(21)11-5-6-17-14(20)8-11/h2-9H,1H3,(H,17,20)(H,19,21). The van der Waals surface area contributed by atoms with E-state index in [9.17, 15) is 9.59 Å². The number of aryl methyl sites for hydroxylation is 1. The molecule has 0 spiro atoms. The lowest BCUT2D eigenvalue weighted by molar-refractivity contribution is 0.102. The Morgan fingerprint density at radius 2 is 2.14 bits per heavy atom. The minimum Gasteiger partial charge on any atom is -0.329 e. The highest BCUT2D eigenvalue weighted by Crippen LogP contribution is 2.25. The van der Waals surface area contributed by atoms with Crippen molar-refractivity contribution in [3.05, 3.63) is 69.6 Å². The summed E-state index contributed by atoms with van der Waals surface area (Å²) >= 11 is 1.56. The van der Waals surface area contributed by atoms with E-state index in [4.69, 9.17) is 0 Å². The monoisotopic (exact) mass is 311 g/mol. The summed E-state index contributed by atoms with van der Waals surface area (Å²) in [6.07, 6.45) is 1.45. The zero-order valence-corrected chi connectivity index (χ0v) is 12.6. The van der Waals surface area contributed by atoms with Crippen LogP contribution in [-0.4, -0.2) is 15.9 Å². The number of nitrogens with one attached hydrogen (secondary N) is 2. The molecule has 0 unspecified atom stereocenters. The van der Waals surface area contributed by atoms with Crippen LogP contribution in [0.3, 0.4) is 0 Å². The fourth-order valence-corrected chi connectivity index (χ4v) is 2.80. The van der Waals surface area contributed by atoms with E-state index in [0.717, 1.165) is 16.3 Å². The largest absolute Gasteiger partial charge is 0.329 e. The fourth-order valence-electron chi connectivity index (χ4n) is 2.01. The van der Waals surface area contributed by atoms with Crippen LogP contribution >= 0.6 is 11.3 Å². The van der Waals surface area contributed by atoms with Crippen molar-refractivity contribution in [3.63, 3.8) is 0 Å². The SMILES string of the molecule is Cc1csc(-c2cccc(NC(=O)c3cc[nH]c(=O)c3)c2)n1. The van der Waals surface area contributed by atoms with Gasteiger partial charge in [0.05, 0.1) is 0 Å². The van der Waals surface area contributed by atoms with Gasteiger partial charge in [-0.1, -0.05) is 12.1 Å². The summed E-state index contributed by atoms with van der Waals surface area (Å²) in [7, 11) is 0. The van der Waals surface area contributed by atoms with E-state index in [-0.39, 0.29) is 11.5 Å². The molecule has 1 aromatic carbocycles. The summed E-state index contributed by atoms with van der Waals surface area (Å²) in [5.41, 5.74) is 2.59. The molecular weight excluding hydrogens is 298 g/mol. The zero-order chi connectivity index (χ0) is 15.5. The molecule has 1 amide bonds. The van der Waals surface area contributed by atoms with Crippen molar-refractivity contribution in [1.29, 1.82) is 0 Å². The number of carbonyl (C=O) groups is 1. The Morgan fingerprint density at radius 3 is 2.86 bits per heavy atom. The number of hydrogen-bond donors (Lipinski definition) is 2. The molecule has 0 saturated carbocycles. The maximum absolute atomic E-state index is 12.1. The molecule has 5 nitrogen and oxygen atoms in total. The normalized spacial score (nSPS) is 10.4. The number of pyridine rings is 1. The number of amides is 1. The molecule has 0 radical (unpaired) electrons. The first kappa shape index (κ1) is 14.2. The highest BCUT2D eigenvalue weighted by molar-refractivity contribution is 7.13. The lowest BCUT2D eigenvalue weighted by Gasteiger charge is -2.06. The predicted octanol–water partition coefficient (Wildman–Crippen LogP) is 3.06. The summed E-state index contributed by atoms with van der Waals surface area (Å²) in [5.74, 6) is -0.321. The van der Waals surface area contributed by atoms with Gasteiger partial charge in [-0.05, 0) is 25.1 Å². The van der Waals surface area contributed by atoms with Gasteiger partial charge in [-0.15, -0.1) is 11.3 Å². The van der Waals surface area contributed by atoms with Crippen molar-refractivity contribution in [2.24, 2.45) is 0 Å². The van der Waals surface area contributed by atoms with Gasteiger partial charge in [-0.3, -0.25) is 9.59 Å². The number of hydrogen-bond acceptors (Lipinski definition) is 4. The van der Waals surface area contributed by atoms with E-state index in [0.29, 0.717) is 11.3 Å². The van der Waals surface area contributed by atoms with Crippen LogP contribution in [0.1, 0.15) is 16.1 Å². The van der Waals surface area contributed by atoms with Gasteiger partial charge in [-0.25, -0.2) is 4.98 Å². The predicted molar refractivity (Wildman–Crippen MR) is 87.3 cm³/mol. The summed E-state index contributed by atoms with van der Waals surface area (Å²) in [6, 6.07) is 10.3. The van der Waals surface area contributed by atoms with Gasteiger partial charge in [0.2, 0.25) is 5.56 Å². The Hall–Kier alpha value is -2.73. The molecule has 0 atom stereocenters. The molecule has 110 valence electrons. The molecule has 2 N–H and O–H groups in total. The quantitative estimate of drug-likeness (QED) is 0.780. The Balaban J connectivity index is 1.84. The van der Waals surface area contributed by atoms with Crippen LogP contribution in [0, 0.1) is 6.92 Å². The topological polar surface area (TPSA) is 74.8 Å². The summed E-state index contributed by atoms with van der Waals surface area (Å²) < 4.78 is 0. The van der Waals surface area contributed by atoms with Crippen molar-refractivity contribution in [1.82, 2.24) is 9.97 Å². The highest BCUT2D eigenvalue weighted by atomic mass is 32.1. The van der Waals surface area contributed by atoms with Crippen molar-refractivity contribution in [2.45, 2.75) is 6.92 Å². The number of benzene rings is 1. The Kier molecular flexibility index (Phi) is 3.84. The van der Waals surface area contributed by atoms with Crippen LogP contribution in [0.2, 0.25) is 0 Å². The summed E-state index contributed by atoms with van der Waals surface area (Å²) in [5, 5.41) is 5.68.